The molecule has 1 rings (SSSR count). The zero-order chi connectivity index (χ0) is 39.2. The fourth-order valence-corrected chi connectivity index (χ4v) is 6.91. The van der Waals surface area contributed by atoms with E-state index in [-0.39, 0.29) is 0 Å². The van der Waals surface area contributed by atoms with Crippen LogP contribution in [0.1, 0.15) is 194 Å². The van der Waals surface area contributed by atoms with Crippen LogP contribution in [-0.4, -0.2) is 75.5 Å². The summed E-state index contributed by atoms with van der Waals surface area (Å²) >= 11 is 0. The minimum absolute atomic E-state index is 0.348. The van der Waals surface area contributed by atoms with E-state index in [2.05, 4.69) is 48.4 Å². The second kappa shape index (κ2) is 37.6. The Hall–Kier alpha value is -2.32. The van der Waals surface area contributed by atoms with E-state index in [1.165, 1.54) is 180 Å². The molecule has 2 N–H and O–H groups in total. The van der Waals surface area contributed by atoms with Gasteiger partial charge in [0.15, 0.2) is 0 Å². The second-order valence-corrected chi connectivity index (χ2v) is 15.9. The SMILES string of the molecule is CCCCCCCCCCCCCCCCN(C)CCOC(=O)Nc1ccc(NC(=O)OCCN(C)CCCCCCCCCCCCCCCC)cc1. The summed E-state index contributed by atoms with van der Waals surface area (Å²) in [6.07, 6.45) is 37.3. The maximum Gasteiger partial charge on any atom is 0.411 e. The number of nitrogens with zero attached hydrogens (tertiary/aromatic N) is 2. The Morgan fingerprint density at radius 1 is 0.407 bits per heavy atom. The molecule has 8 heteroatoms. The number of unbranched alkanes of at least 4 members (excludes halogenated alkanes) is 26. The Kier molecular flexibility index (Phi) is 34.6. The Morgan fingerprint density at radius 3 is 0.907 bits per heavy atom. The van der Waals surface area contributed by atoms with E-state index in [0.717, 1.165) is 13.1 Å². The normalized spacial score (nSPS) is 11.4. The Labute approximate surface area is 333 Å². The third-order valence-corrected chi connectivity index (χ3v) is 10.6. The van der Waals surface area contributed by atoms with E-state index in [1.54, 1.807) is 24.3 Å². The van der Waals surface area contributed by atoms with Crippen LogP contribution in [0.2, 0.25) is 0 Å². The highest BCUT2D eigenvalue weighted by atomic mass is 16.6. The fourth-order valence-electron chi connectivity index (χ4n) is 6.91. The molecule has 54 heavy (non-hydrogen) atoms. The van der Waals surface area contributed by atoms with Crippen LogP contribution < -0.4 is 10.6 Å². The summed E-state index contributed by atoms with van der Waals surface area (Å²) < 4.78 is 10.8. The number of amides is 2. The lowest BCUT2D eigenvalue weighted by molar-refractivity contribution is 0.145. The predicted molar refractivity (Wildman–Crippen MR) is 232 cm³/mol. The van der Waals surface area contributed by atoms with Gasteiger partial charge in [-0.25, -0.2) is 9.59 Å². The first-order chi connectivity index (χ1) is 26.4. The highest BCUT2D eigenvalue weighted by Gasteiger charge is 2.08. The minimum Gasteiger partial charge on any atom is -0.448 e. The van der Waals surface area contributed by atoms with Gasteiger partial charge in [-0.1, -0.05) is 181 Å². The number of carbonyl (C=O) groups excluding carboxylic acids is 2. The van der Waals surface area contributed by atoms with Gasteiger partial charge in [0, 0.05) is 24.5 Å². The predicted octanol–water partition coefficient (Wildman–Crippen LogP) is 13.6. The number of hydrogen-bond acceptors (Lipinski definition) is 6. The second-order valence-electron chi connectivity index (χ2n) is 15.9. The Morgan fingerprint density at radius 2 is 0.648 bits per heavy atom. The van der Waals surface area contributed by atoms with Crippen molar-refractivity contribution in [3.63, 3.8) is 0 Å². The van der Waals surface area contributed by atoms with Gasteiger partial charge in [0.1, 0.15) is 13.2 Å². The van der Waals surface area contributed by atoms with Crippen molar-refractivity contribution in [3.05, 3.63) is 24.3 Å². The number of carbonyl (C=O) groups is 2. The summed E-state index contributed by atoms with van der Waals surface area (Å²) in [5.41, 5.74) is 1.22. The van der Waals surface area contributed by atoms with Crippen molar-refractivity contribution in [2.75, 3.05) is 64.1 Å². The smallest absolute Gasteiger partial charge is 0.411 e. The van der Waals surface area contributed by atoms with Gasteiger partial charge in [-0.3, -0.25) is 10.6 Å². The van der Waals surface area contributed by atoms with Crippen molar-refractivity contribution >= 4 is 23.6 Å². The van der Waals surface area contributed by atoms with Gasteiger partial charge in [-0.15, -0.1) is 0 Å². The molecule has 0 saturated carbocycles. The van der Waals surface area contributed by atoms with Gasteiger partial charge >= 0.3 is 12.2 Å². The average Bonchev–Trinajstić information content (AvgIpc) is 3.16. The topological polar surface area (TPSA) is 83.1 Å². The fraction of sp³-hybridized carbons (Fsp3) is 0.826. The monoisotopic (exact) mass is 759 g/mol. The molecular weight excluding hydrogens is 673 g/mol. The molecule has 0 aliphatic rings. The first kappa shape index (κ1) is 49.7. The highest BCUT2D eigenvalue weighted by Crippen LogP contribution is 2.16. The quantitative estimate of drug-likeness (QED) is 0.0654. The Balaban J connectivity index is 1.97. The lowest BCUT2D eigenvalue weighted by Crippen LogP contribution is -2.26. The summed E-state index contributed by atoms with van der Waals surface area (Å²) in [6.45, 7) is 8.73. The number of hydrogen-bond donors (Lipinski definition) is 2. The number of nitrogens with one attached hydrogen (secondary N) is 2. The molecule has 0 spiro atoms. The molecule has 0 radical (unpaired) electrons. The average molecular weight is 759 g/mol. The highest BCUT2D eigenvalue weighted by molar-refractivity contribution is 5.87. The molecule has 0 aliphatic carbocycles. The van der Waals surface area contributed by atoms with E-state index >= 15 is 0 Å². The third-order valence-electron chi connectivity index (χ3n) is 10.6. The van der Waals surface area contributed by atoms with Crippen LogP contribution in [0.3, 0.4) is 0 Å². The summed E-state index contributed by atoms with van der Waals surface area (Å²) in [6, 6.07) is 6.96. The van der Waals surface area contributed by atoms with Crippen LogP contribution in [-0.2, 0) is 9.47 Å². The van der Waals surface area contributed by atoms with Gasteiger partial charge in [0.05, 0.1) is 0 Å². The van der Waals surface area contributed by atoms with Crippen molar-refractivity contribution in [1.29, 1.82) is 0 Å². The Bertz CT molecular complexity index is 899. The number of rotatable bonds is 38. The molecule has 1 aromatic rings. The summed E-state index contributed by atoms with van der Waals surface area (Å²) in [4.78, 5) is 29.0. The van der Waals surface area contributed by atoms with E-state index in [4.69, 9.17) is 9.47 Å². The zero-order valence-corrected chi connectivity index (χ0v) is 35.9. The standard InChI is InChI=1S/C46H86N4O4/c1-5-7-9-11-13-15-17-19-21-23-25-27-29-31-37-49(3)39-41-53-45(51)47-43-33-35-44(36-34-43)48-46(52)54-42-40-50(4)38-32-30-28-26-24-22-20-18-16-14-12-10-8-6-2/h33-36H,5-32,37-42H2,1-4H3,(H,47,51)(H,48,52). The molecule has 8 nitrogen and oxygen atoms in total. The van der Waals surface area contributed by atoms with Crippen LogP contribution >= 0.6 is 0 Å². The molecule has 0 bridgehead atoms. The summed E-state index contributed by atoms with van der Waals surface area (Å²) in [5, 5.41) is 5.52. The van der Waals surface area contributed by atoms with Gasteiger partial charge in [-0.2, -0.15) is 0 Å². The molecule has 0 atom stereocenters. The molecule has 2 amide bonds. The maximum atomic E-state index is 12.3. The first-order valence-corrected chi connectivity index (χ1v) is 22.8. The van der Waals surface area contributed by atoms with Gasteiger partial charge in [0.2, 0.25) is 0 Å². The number of likely N-dealkylation sites (N-methyl/N-ethyl adjacent to an activating group) is 2. The molecule has 0 aliphatic heterocycles. The number of ether oxygens (including phenoxy) is 2. The van der Waals surface area contributed by atoms with Gasteiger partial charge < -0.3 is 19.3 Å². The van der Waals surface area contributed by atoms with Crippen molar-refractivity contribution in [2.24, 2.45) is 0 Å². The number of anilines is 2. The minimum atomic E-state index is -0.474. The van der Waals surface area contributed by atoms with Crippen LogP contribution in [0, 0.1) is 0 Å². The zero-order valence-electron chi connectivity index (χ0n) is 35.9. The lowest BCUT2D eigenvalue weighted by Gasteiger charge is -2.17. The van der Waals surface area contributed by atoms with Crippen molar-refractivity contribution in [1.82, 2.24) is 9.80 Å². The molecule has 0 saturated heterocycles. The first-order valence-electron chi connectivity index (χ1n) is 22.8. The van der Waals surface area contributed by atoms with E-state index < -0.39 is 12.2 Å². The number of benzene rings is 1. The molecule has 0 aromatic heterocycles. The van der Waals surface area contributed by atoms with E-state index in [0.29, 0.717) is 37.7 Å². The molecule has 0 heterocycles. The summed E-state index contributed by atoms with van der Waals surface area (Å²) in [5.74, 6) is 0. The largest absolute Gasteiger partial charge is 0.448 e. The van der Waals surface area contributed by atoms with Gasteiger partial charge in [0.25, 0.3) is 0 Å². The third kappa shape index (κ3) is 33.1. The van der Waals surface area contributed by atoms with E-state index in [1.807, 2.05) is 0 Å². The van der Waals surface area contributed by atoms with E-state index in [9.17, 15) is 9.59 Å². The maximum absolute atomic E-state index is 12.3. The van der Waals surface area contributed by atoms with Crippen molar-refractivity contribution in [3.8, 4) is 0 Å². The van der Waals surface area contributed by atoms with Crippen LogP contribution in [0.15, 0.2) is 24.3 Å². The molecule has 0 fully saturated rings. The molecular formula is C46H86N4O4. The summed E-state index contributed by atoms with van der Waals surface area (Å²) in [7, 11) is 4.17. The van der Waals surface area contributed by atoms with Crippen LogP contribution in [0.5, 0.6) is 0 Å². The molecule has 314 valence electrons. The molecule has 1 aromatic carbocycles. The molecule has 0 unspecified atom stereocenters. The lowest BCUT2D eigenvalue weighted by atomic mass is 10.0. The van der Waals surface area contributed by atoms with Crippen molar-refractivity contribution < 1.29 is 19.1 Å². The van der Waals surface area contributed by atoms with Crippen LogP contribution in [0.4, 0.5) is 21.0 Å². The van der Waals surface area contributed by atoms with Gasteiger partial charge in [-0.05, 0) is 64.3 Å². The van der Waals surface area contributed by atoms with Crippen LogP contribution in [0.25, 0.3) is 0 Å². The van der Waals surface area contributed by atoms with Crippen molar-refractivity contribution in [2.45, 2.75) is 194 Å².